The molecule has 160 valence electrons. The molecule has 2 aromatic carbocycles. The van der Waals surface area contributed by atoms with E-state index in [-0.39, 0.29) is 0 Å². The highest BCUT2D eigenvalue weighted by molar-refractivity contribution is 5.25. The predicted octanol–water partition coefficient (Wildman–Crippen LogP) is 4.18. The second-order valence-electron chi connectivity index (χ2n) is 7.51. The Hall–Kier alpha value is -2.57. The highest BCUT2D eigenvalue weighted by Gasteiger charge is 2.29. The number of hydrogen-bond donors (Lipinski definition) is 1. The number of rotatable bonds is 10. The standard InChI is InChI=1S/C24H27F3N2O/c1-30-16-6-14-28(17-20-7-3-2-4-8-20)19-23-9-5-15-29(23)18-21-10-12-22(13-11-21)24(25,26)27/h2-5,7-13,15H,6,14,16-19H2,1H3/p+1. The molecule has 30 heavy (non-hydrogen) atoms. The maximum Gasteiger partial charge on any atom is 0.416 e. The third kappa shape index (κ3) is 6.47. The summed E-state index contributed by atoms with van der Waals surface area (Å²) in [4.78, 5) is 1.42. The van der Waals surface area contributed by atoms with Gasteiger partial charge in [-0.3, -0.25) is 0 Å². The number of halogens is 3. The summed E-state index contributed by atoms with van der Waals surface area (Å²) in [6, 6.07) is 19.9. The lowest BCUT2D eigenvalue weighted by Crippen LogP contribution is -3.09. The van der Waals surface area contributed by atoms with Crippen molar-refractivity contribution < 1.29 is 22.8 Å². The molecule has 1 unspecified atom stereocenters. The van der Waals surface area contributed by atoms with Crippen LogP contribution in [0, 0.1) is 0 Å². The molecule has 1 heterocycles. The topological polar surface area (TPSA) is 18.6 Å². The SMILES string of the molecule is COCCC[NH+](Cc1ccccc1)Cc1cccn1Cc1ccc(C(F)(F)F)cc1. The Balaban J connectivity index is 1.69. The molecule has 1 aromatic heterocycles. The number of hydrogen-bond acceptors (Lipinski definition) is 1. The van der Waals surface area contributed by atoms with Crippen molar-refractivity contribution in [1.29, 1.82) is 0 Å². The number of quaternary nitrogens is 1. The van der Waals surface area contributed by atoms with E-state index in [1.165, 1.54) is 16.2 Å². The average Bonchev–Trinajstić information content (AvgIpc) is 3.15. The molecular weight excluding hydrogens is 389 g/mol. The Bertz CT molecular complexity index is 889. The van der Waals surface area contributed by atoms with Crippen LogP contribution in [0.1, 0.15) is 28.8 Å². The zero-order valence-corrected chi connectivity index (χ0v) is 17.2. The number of nitrogens with zero attached hydrogens (tertiary/aromatic N) is 1. The van der Waals surface area contributed by atoms with Crippen LogP contribution in [-0.4, -0.2) is 24.8 Å². The van der Waals surface area contributed by atoms with Gasteiger partial charge in [0.2, 0.25) is 0 Å². The van der Waals surface area contributed by atoms with E-state index in [0.717, 1.165) is 50.4 Å². The number of alkyl halides is 3. The molecule has 3 aromatic rings. The molecule has 0 aliphatic rings. The number of nitrogens with one attached hydrogen (secondary N) is 1. The number of benzene rings is 2. The molecule has 0 aliphatic carbocycles. The number of ether oxygens (including phenoxy) is 1. The highest BCUT2D eigenvalue weighted by Crippen LogP contribution is 2.29. The van der Waals surface area contributed by atoms with Crippen molar-refractivity contribution in [3.8, 4) is 0 Å². The van der Waals surface area contributed by atoms with Crippen LogP contribution in [0.15, 0.2) is 72.9 Å². The molecule has 0 aliphatic heterocycles. The van der Waals surface area contributed by atoms with Crippen molar-refractivity contribution in [3.05, 3.63) is 95.3 Å². The van der Waals surface area contributed by atoms with Crippen molar-refractivity contribution in [3.63, 3.8) is 0 Å². The molecule has 0 amide bonds. The normalized spacial score (nSPS) is 12.8. The summed E-state index contributed by atoms with van der Waals surface area (Å²) in [5, 5.41) is 0. The summed E-state index contributed by atoms with van der Waals surface area (Å²) in [7, 11) is 1.71. The van der Waals surface area contributed by atoms with Gasteiger partial charge in [-0.05, 0) is 29.8 Å². The Morgan fingerprint density at radius 3 is 2.27 bits per heavy atom. The van der Waals surface area contributed by atoms with Gasteiger partial charge in [0.05, 0.1) is 24.4 Å². The van der Waals surface area contributed by atoms with Crippen LogP contribution in [0.4, 0.5) is 13.2 Å². The molecule has 0 radical (unpaired) electrons. The van der Waals surface area contributed by atoms with Gasteiger partial charge in [-0.2, -0.15) is 13.2 Å². The fourth-order valence-electron chi connectivity index (χ4n) is 3.61. The maximum absolute atomic E-state index is 12.8. The first kappa shape index (κ1) is 22.1. The third-order valence-electron chi connectivity index (χ3n) is 5.16. The number of aromatic nitrogens is 1. The molecule has 3 rings (SSSR count). The van der Waals surface area contributed by atoms with Gasteiger partial charge in [0.1, 0.15) is 13.1 Å². The number of methoxy groups -OCH3 is 1. The predicted molar refractivity (Wildman–Crippen MR) is 111 cm³/mol. The molecule has 3 nitrogen and oxygen atoms in total. The highest BCUT2D eigenvalue weighted by atomic mass is 19.4. The van der Waals surface area contributed by atoms with Crippen molar-refractivity contribution in [2.24, 2.45) is 0 Å². The minimum absolute atomic E-state index is 0.553. The van der Waals surface area contributed by atoms with Crippen molar-refractivity contribution in [2.45, 2.75) is 32.2 Å². The quantitative estimate of drug-likeness (QED) is 0.491. The van der Waals surface area contributed by atoms with E-state index in [1.54, 1.807) is 19.2 Å². The zero-order chi connectivity index (χ0) is 21.4. The maximum atomic E-state index is 12.8. The molecule has 0 spiro atoms. The van der Waals surface area contributed by atoms with E-state index >= 15 is 0 Å². The summed E-state index contributed by atoms with van der Waals surface area (Å²) < 4.78 is 45.7. The van der Waals surface area contributed by atoms with Crippen LogP contribution in [-0.2, 0) is 30.5 Å². The van der Waals surface area contributed by atoms with Crippen LogP contribution in [0.2, 0.25) is 0 Å². The summed E-state index contributed by atoms with van der Waals surface area (Å²) in [6.45, 7) is 4.01. The second-order valence-corrected chi connectivity index (χ2v) is 7.51. The van der Waals surface area contributed by atoms with Gasteiger partial charge < -0.3 is 14.2 Å². The summed E-state index contributed by atoms with van der Waals surface area (Å²) in [6.07, 6.45) is -1.35. The Labute approximate surface area is 175 Å². The Morgan fingerprint density at radius 1 is 0.867 bits per heavy atom. The van der Waals surface area contributed by atoms with E-state index < -0.39 is 11.7 Å². The minimum Gasteiger partial charge on any atom is -0.384 e. The van der Waals surface area contributed by atoms with E-state index in [9.17, 15) is 13.2 Å². The van der Waals surface area contributed by atoms with Crippen LogP contribution in [0.3, 0.4) is 0 Å². The monoisotopic (exact) mass is 417 g/mol. The van der Waals surface area contributed by atoms with Gasteiger partial charge in [0.15, 0.2) is 0 Å². The molecule has 1 atom stereocenters. The Kier molecular flexibility index (Phi) is 7.71. The van der Waals surface area contributed by atoms with Crippen molar-refractivity contribution in [2.75, 3.05) is 20.3 Å². The van der Waals surface area contributed by atoms with E-state index in [0.29, 0.717) is 6.54 Å². The molecule has 0 fully saturated rings. The van der Waals surface area contributed by atoms with Crippen LogP contribution >= 0.6 is 0 Å². The van der Waals surface area contributed by atoms with E-state index in [1.807, 2.05) is 18.3 Å². The zero-order valence-electron chi connectivity index (χ0n) is 17.2. The van der Waals surface area contributed by atoms with Gasteiger partial charge in [-0.1, -0.05) is 42.5 Å². The molecule has 0 saturated heterocycles. The minimum atomic E-state index is -4.30. The molecular formula is C24H28F3N2O+. The van der Waals surface area contributed by atoms with Gasteiger partial charge in [0, 0.05) is 31.8 Å². The van der Waals surface area contributed by atoms with Crippen LogP contribution in [0.25, 0.3) is 0 Å². The fourth-order valence-corrected chi connectivity index (χ4v) is 3.61. The van der Waals surface area contributed by atoms with Gasteiger partial charge in [-0.25, -0.2) is 0 Å². The lowest BCUT2D eigenvalue weighted by molar-refractivity contribution is -0.928. The lowest BCUT2D eigenvalue weighted by atomic mass is 10.1. The van der Waals surface area contributed by atoms with Gasteiger partial charge >= 0.3 is 6.18 Å². The summed E-state index contributed by atoms with van der Waals surface area (Å²) in [5.41, 5.74) is 2.68. The molecule has 0 bridgehead atoms. The van der Waals surface area contributed by atoms with E-state index in [2.05, 4.69) is 34.9 Å². The van der Waals surface area contributed by atoms with Gasteiger partial charge in [-0.15, -0.1) is 0 Å². The smallest absolute Gasteiger partial charge is 0.384 e. The van der Waals surface area contributed by atoms with E-state index in [4.69, 9.17) is 4.74 Å². The first-order valence-electron chi connectivity index (χ1n) is 10.1. The largest absolute Gasteiger partial charge is 0.416 e. The Morgan fingerprint density at radius 2 is 1.60 bits per heavy atom. The fraction of sp³-hybridized carbons (Fsp3) is 0.333. The lowest BCUT2D eigenvalue weighted by Gasteiger charge is -2.21. The molecule has 1 N–H and O–H groups in total. The van der Waals surface area contributed by atoms with Crippen LogP contribution in [0.5, 0.6) is 0 Å². The molecule has 6 heteroatoms. The summed E-state index contributed by atoms with van der Waals surface area (Å²) in [5.74, 6) is 0. The second kappa shape index (κ2) is 10.5. The van der Waals surface area contributed by atoms with Crippen LogP contribution < -0.4 is 4.90 Å². The average molecular weight is 417 g/mol. The van der Waals surface area contributed by atoms with Crippen molar-refractivity contribution >= 4 is 0 Å². The first-order chi connectivity index (χ1) is 14.5. The third-order valence-corrected chi connectivity index (χ3v) is 5.16. The first-order valence-corrected chi connectivity index (χ1v) is 10.1. The molecule has 0 saturated carbocycles. The van der Waals surface area contributed by atoms with Crippen molar-refractivity contribution in [1.82, 2.24) is 4.57 Å². The summed E-state index contributed by atoms with van der Waals surface area (Å²) >= 11 is 0. The van der Waals surface area contributed by atoms with Gasteiger partial charge in [0.25, 0.3) is 0 Å².